The van der Waals surface area contributed by atoms with Crippen LogP contribution in [-0.4, -0.2) is 97.3 Å². The van der Waals surface area contributed by atoms with Crippen LogP contribution in [0, 0.1) is 0 Å². The van der Waals surface area contributed by atoms with Crippen LogP contribution in [0.4, 0.5) is 4.79 Å². The van der Waals surface area contributed by atoms with E-state index in [-0.39, 0.29) is 32.2 Å². The number of aromatic amines is 2. The van der Waals surface area contributed by atoms with Crippen molar-refractivity contribution >= 4 is 46.5 Å². The molecule has 7 amide bonds. The number of benzene rings is 2. The maximum absolute atomic E-state index is 14.1. The molecule has 0 radical (unpaired) electrons. The lowest BCUT2D eigenvalue weighted by Gasteiger charge is -2.29. The highest BCUT2D eigenvalue weighted by Crippen LogP contribution is 2.19. The Morgan fingerprint density at radius 2 is 1.46 bits per heavy atom. The van der Waals surface area contributed by atoms with Gasteiger partial charge < -0.3 is 48.4 Å². The van der Waals surface area contributed by atoms with E-state index in [1.54, 1.807) is 60.9 Å². The van der Waals surface area contributed by atoms with Gasteiger partial charge in [0.2, 0.25) is 23.6 Å². The van der Waals surface area contributed by atoms with E-state index in [9.17, 15) is 28.8 Å². The number of para-hydroxylation sites is 1. The van der Waals surface area contributed by atoms with E-state index in [0.717, 1.165) is 21.5 Å². The molecule has 13 N–H and O–H groups in total. The molecule has 19 heteroatoms. The van der Waals surface area contributed by atoms with E-state index in [1.807, 2.05) is 24.3 Å². The van der Waals surface area contributed by atoms with Gasteiger partial charge in [0.25, 0.3) is 5.91 Å². The first-order valence-electron chi connectivity index (χ1n) is 19.9. The Bertz CT molecular complexity index is 2220. The summed E-state index contributed by atoms with van der Waals surface area (Å²) in [6, 6.07) is 14.9. The topological polar surface area (TPSA) is 301 Å². The van der Waals surface area contributed by atoms with Gasteiger partial charge in [-0.1, -0.05) is 54.6 Å². The third-order valence-electron chi connectivity index (χ3n) is 9.86. The number of carbonyl (C=O) groups excluding carboxylic acids is 6. The molecule has 0 bridgehead atoms. The Morgan fingerprint density at radius 1 is 0.754 bits per heavy atom. The van der Waals surface area contributed by atoms with Gasteiger partial charge in [-0.3, -0.25) is 34.4 Å². The number of imidazole rings is 1. The molecule has 0 saturated carbocycles. The average Bonchev–Trinajstić information content (AvgIpc) is 3.93. The van der Waals surface area contributed by atoms with Crippen LogP contribution in [-0.2, 0) is 49.8 Å². The van der Waals surface area contributed by atoms with Crippen LogP contribution in [0.25, 0.3) is 10.9 Å². The average molecular weight is 836 g/mol. The fourth-order valence-corrected chi connectivity index (χ4v) is 6.50. The number of aromatic nitrogens is 4. The van der Waals surface area contributed by atoms with Crippen LogP contribution in [0.15, 0.2) is 97.7 Å². The molecule has 0 fully saturated rings. The summed E-state index contributed by atoms with van der Waals surface area (Å²) < 4.78 is 0. The first-order chi connectivity index (χ1) is 29.4. The van der Waals surface area contributed by atoms with Crippen molar-refractivity contribution < 1.29 is 28.8 Å². The summed E-state index contributed by atoms with van der Waals surface area (Å²) in [6.45, 7) is 1.57. The molecule has 19 nitrogen and oxygen atoms in total. The van der Waals surface area contributed by atoms with Crippen molar-refractivity contribution in [1.82, 2.24) is 51.6 Å². The van der Waals surface area contributed by atoms with Crippen molar-refractivity contribution in [3.63, 3.8) is 0 Å². The van der Waals surface area contributed by atoms with Crippen molar-refractivity contribution in [2.24, 2.45) is 17.2 Å². The summed E-state index contributed by atoms with van der Waals surface area (Å²) in [7, 11) is 0. The van der Waals surface area contributed by atoms with Gasteiger partial charge in [-0.2, -0.15) is 0 Å². The van der Waals surface area contributed by atoms with Crippen LogP contribution < -0.4 is 43.9 Å². The first-order valence-corrected chi connectivity index (χ1v) is 19.9. The highest BCUT2D eigenvalue weighted by atomic mass is 16.2. The molecule has 5 aromatic rings. The third-order valence-corrected chi connectivity index (χ3v) is 9.86. The normalized spacial score (nSPS) is 13.5. The number of primary amides is 1. The van der Waals surface area contributed by atoms with E-state index in [2.05, 4.69) is 46.6 Å². The van der Waals surface area contributed by atoms with E-state index in [4.69, 9.17) is 17.2 Å². The van der Waals surface area contributed by atoms with Crippen molar-refractivity contribution in [3.8, 4) is 0 Å². The monoisotopic (exact) mass is 835 g/mol. The van der Waals surface area contributed by atoms with E-state index in [0.29, 0.717) is 36.3 Å². The van der Waals surface area contributed by atoms with Crippen LogP contribution in [0.5, 0.6) is 0 Å². The maximum atomic E-state index is 14.1. The molecular formula is C42H53N13O6. The molecule has 0 aliphatic rings. The SMILES string of the molecule is C[C@H](NC(=O)[C@@H](Cc1c[nH]c2ccccc12)NC(=O)[C@@H](N)Cc1cnc[nH]1)C(=O)NN(Cc1ccccn1)C(=O)N[C@H](Cc1ccccc1)C(=O)N[C@@H](CCCCN)C(N)=O. The first kappa shape index (κ1) is 45.0. The summed E-state index contributed by atoms with van der Waals surface area (Å²) in [6.07, 6.45) is 7.88. The minimum Gasteiger partial charge on any atom is -0.368 e. The third kappa shape index (κ3) is 13.5. The van der Waals surface area contributed by atoms with E-state index < -0.39 is 65.8 Å². The Kier molecular flexibility index (Phi) is 16.4. The van der Waals surface area contributed by atoms with Crippen molar-refractivity contribution in [1.29, 1.82) is 0 Å². The molecule has 322 valence electrons. The van der Waals surface area contributed by atoms with Gasteiger partial charge in [-0.25, -0.2) is 14.8 Å². The van der Waals surface area contributed by atoms with Gasteiger partial charge in [-0.15, -0.1) is 0 Å². The molecule has 0 saturated heterocycles. The Labute approximate surface area is 352 Å². The number of nitrogens with zero attached hydrogens (tertiary/aromatic N) is 3. The number of hydrogen-bond donors (Lipinski definition) is 10. The number of urea groups is 1. The minimum absolute atomic E-state index is 0.0274. The highest BCUT2D eigenvalue weighted by Gasteiger charge is 2.31. The standard InChI is InChI=1S/C42H53N13O6/c1-26(50-40(59)36(20-28-22-48-33-15-6-5-14-31(28)33)52-39(58)32(44)21-30-23-46-25-49-30)38(57)54-55(24-29-13-8-10-18-47-29)42(61)53-35(19-27-11-3-2-4-12-27)41(60)51-34(37(45)56)16-7-9-17-43/h2-6,8,10-15,18,22-23,25-26,32,34-36,48H,7,9,16-17,19-21,24,43-44H2,1H3,(H2,45,56)(H,46,49)(H,50,59)(H,51,60)(H,52,58)(H,53,61)(H,54,57)/t26-,32-,34-,35+,36+/m0/s1. The number of nitrogens with one attached hydrogen (secondary N) is 7. The van der Waals surface area contributed by atoms with Crippen molar-refractivity contribution in [3.05, 3.63) is 120 Å². The predicted octanol–water partition coefficient (Wildman–Crippen LogP) is 0.341. The van der Waals surface area contributed by atoms with Gasteiger partial charge in [0.15, 0.2) is 0 Å². The molecule has 0 unspecified atom stereocenters. The lowest BCUT2D eigenvalue weighted by atomic mass is 10.0. The molecule has 5 rings (SSSR count). The molecule has 5 atom stereocenters. The zero-order valence-electron chi connectivity index (χ0n) is 33.8. The number of pyridine rings is 1. The number of amides is 7. The largest absolute Gasteiger partial charge is 0.368 e. The molecule has 0 aliphatic heterocycles. The van der Waals surface area contributed by atoms with E-state index in [1.165, 1.54) is 19.4 Å². The lowest BCUT2D eigenvalue weighted by Crippen LogP contribution is -2.60. The fourth-order valence-electron chi connectivity index (χ4n) is 6.50. The summed E-state index contributed by atoms with van der Waals surface area (Å²) in [5.41, 5.74) is 23.3. The van der Waals surface area contributed by atoms with Gasteiger partial charge >= 0.3 is 6.03 Å². The number of fused-ring (bicyclic) bond motifs is 1. The Hall–Kier alpha value is -7.12. The molecule has 0 spiro atoms. The summed E-state index contributed by atoms with van der Waals surface area (Å²) in [5.74, 6) is -3.51. The number of unbranched alkanes of at least 4 members (excludes halogenated alkanes) is 1. The van der Waals surface area contributed by atoms with Crippen LogP contribution >= 0.6 is 0 Å². The fraction of sp³-hybridized carbons (Fsp3) is 0.333. The molecule has 3 aromatic heterocycles. The Balaban J connectivity index is 1.33. The second-order valence-corrected chi connectivity index (χ2v) is 14.6. The molecular weight excluding hydrogens is 783 g/mol. The van der Waals surface area contributed by atoms with Gasteiger partial charge in [0.1, 0.15) is 24.2 Å². The lowest BCUT2D eigenvalue weighted by molar-refractivity contribution is -0.133. The van der Waals surface area contributed by atoms with Crippen molar-refractivity contribution in [2.45, 2.75) is 82.2 Å². The highest BCUT2D eigenvalue weighted by molar-refractivity contribution is 5.95. The van der Waals surface area contributed by atoms with Crippen LogP contribution in [0.1, 0.15) is 48.7 Å². The second kappa shape index (κ2) is 22.3. The number of hydrazine groups is 1. The predicted molar refractivity (Wildman–Crippen MR) is 226 cm³/mol. The zero-order valence-corrected chi connectivity index (χ0v) is 33.8. The smallest absolute Gasteiger partial charge is 0.337 e. The molecule has 2 aromatic carbocycles. The molecule has 3 heterocycles. The summed E-state index contributed by atoms with van der Waals surface area (Å²) >= 11 is 0. The summed E-state index contributed by atoms with van der Waals surface area (Å²) in [4.78, 5) is 95.6. The van der Waals surface area contributed by atoms with Gasteiger partial charge in [0, 0.05) is 54.4 Å². The minimum atomic E-state index is -1.25. The van der Waals surface area contributed by atoms with Crippen LogP contribution in [0.3, 0.4) is 0 Å². The molecule has 61 heavy (non-hydrogen) atoms. The number of carbonyl (C=O) groups is 6. The Morgan fingerprint density at radius 3 is 2.16 bits per heavy atom. The number of hydrogen-bond acceptors (Lipinski definition) is 10. The maximum Gasteiger partial charge on any atom is 0.337 e. The zero-order chi connectivity index (χ0) is 43.7. The number of rotatable bonds is 21. The number of nitrogens with two attached hydrogens (primary N) is 3. The number of H-pyrrole nitrogens is 2. The van der Waals surface area contributed by atoms with Crippen LogP contribution in [0.2, 0.25) is 0 Å². The van der Waals surface area contributed by atoms with E-state index >= 15 is 0 Å². The van der Waals surface area contributed by atoms with Gasteiger partial charge in [0.05, 0.1) is 24.6 Å². The van der Waals surface area contributed by atoms with Crippen molar-refractivity contribution in [2.75, 3.05) is 6.54 Å². The molecule has 0 aliphatic carbocycles. The quantitative estimate of drug-likeness (QED) is 0.0357. The van der Waals surface area contributed by atoms with Gasteiger partial charge in [-0.05, 0) is 62.1 Å². The second-order valence-electron chi connectivity index (χ2n) is 14.6. The summed E-state index contributed by atoms with van der Waals surface area (Å²) in [5, 5.41) is 12.5.